The first-order valence-corrected chi connectivity index (χ1v) is 7.83. The molecule has 1 aromatic carbocycles. The maximum Gasteiger partial charge on any atom is 0.171 e. The van der Waals surface area contributed by atoms with E-state index >= 15 is 0 Å². The molecule has 108 valence electrons. The topological polar surface area (TPSA) is 67.6 Å². The largest absolute Gasteiger partial charge is 0.333 e. The van der Waals surface area contributed by atoms with Gasteiger partial charge in [0.1, 0.15) is 0 Å². The van der Waals surface area contributed by atoms with Crippen LogP contribution in [0.3, 0.4) is 0 Å². The third kappa shape index (κ3) is 3.09. The summed E-state index contributed by atoms with van der Waals surface area (Å²) in [6.45, 7) is 4.14. The molecular weight excluding hydrogens is 280 g/mol. The molecule has 0 radical (unpaired) electrons. The molecule has 0 aliphatic heterocycles. The van der Waals surface area contributed by atoms with Gasteiger partial charge in [-0.15, -0.1) is 0 Å². The Labute approximate surface area is 128 Å². The molecule has 4 nitrogen and oxygen atoms in total. The first-order valence-electron chi connectivity index (χ1n) is 7.01. The number of aromatic amines is 1. The number of aromatic nitrogens is 3. The lowest BCUT2D eigenvalue weighted by Gasteiger charge is -2.07. The Morgan fingerprint density at radius 3 is 2.86 bits per heavy atom. The van der Waals surface area contributed by atoms with E-state index in [-0.39, 0.29) is 6.04 Å². The molecule has 5 heteroatoms. The molecule has 21 heavy (non-hydrogen) atoms. The van der Waals surface area contributed by atoms with Crippen LogP contribution in [-0.4, -0.2) is 15.0 Å². The van der Waals surface area contributed by atoms with E-state index in [2.05, 4.69) is 40.9 Å². The van der Waals surface area contributed by atoms with E-state index in [4.69, 9.17) is 5.73 Å². The average Bonchev–Trinajstić information content (AvgIpc) is 2.88. The van der Waals surface area contributed by atoms with Crippen molar-refractivity contribution < 1.29 is 0 Å². The Kier molecular flexibility index (Phi) is 3.94. The highest BCUT2D eigenvalue weighted by Gasteiger charge is 2.07. The zero-order chi connectivity index (χ0) is 14.8. The van der Waals surface area contributed by atoms with Crippen molar-refractivity contribution in [3.05, 3.63) is 47.8 Å². The maximum absolute atomic E-state index is 5.97. The van der Waals surface area contributed by atoms with Crippen LogP contribution in [0, 0.1) is 6.92 Å². The average molecular weight is 298 g/mol. The minimum Gasteiger partial charge on any atom is -0.333 e. The molecule has 0 fully saturated rings. The standard InChI is InChI=1S/C16H18N4S/c1-3-12(17)13-7-5-11(9-18-13)21-16-19-14-6-4-10(2)8-15(14)20-16/h4-9,12H,3,17H2,1-2H3,(H,19,20)/t12-/m0/s1. The molecule has 0 aliphatic carbocycles. The molecule has 0 amide bonds. The number of hydrogen-bond donors (Lipinski definition) is 2. The highest BCUT2D eigenvalue weighted by molar-refractivity contribution is 7.99. The Morgan fingerprint density at radius 1 is 1.29 bits per heavy atom. The van der Waals surface area contributed by atoms with E-state index in [1.165, 1.54) is 5.56 Å². The van der Waals surface area contributed by atoms with Gasteiger partial charge in [0.25, 0.3) is 0 Å². The van der Waals surface area contributed by atoms with Gasteiger partial charge in [0.15, 0.2) is 5.16 Å². The van der Waals surface area contributed by atoms with Crippen LogP contribution in [0.25, 0.3) is 11.0 Å². The van der Waals surface area contributed by atoms with Crippen LogP contribution in [0.4, 0.5) is 0 Å². The highest BCUT2D eigenvalue weighted by atomic mass is 32.2. The van der Waals surface area contributed by atoms with Crippen LogP contribution in [-0.2, 0) is 0 Å². The molecule has 0 spiro atoms. The number of benzene rings is 1. The fourth-order valence-corrected chi connectivity index (χ4v) is 2.91. The summed E-state index contributed by atoms with van der Waals surface area (Å²) in [6, 6.07) is 10.3. The van der Waals surface area contributed by atoms with Crippen molar-refractivity contribution in [2.24, 2.45) is 5.73 Å². The summed E-state index contributed by atoms with van der Waals surface area (Å²) in [5, 5.41) is 0.880. The highest BCUT2D eigenvalue weighted by Crippen LogP contribution is 2.27. The quantitative estimate of drug-likeness (QED) is 0.768. The molecule has 0 saturated carbocycles. The van der Waals surface area contributed by atoms with Crippen molar-refractivity contribution in [2.45, 2.75) is 36.4 Å². The van der Waals surface area contributed by atoms with E-state index in [1.807, 2.05) is 24.4 Å². The Hall–Kier alpha value is -1.85. The van der Waals surface area contributed by atoms with Crippen molar-refractivity contribution in [3.8, 4) is 0 Å². The lowest BCUT2D eigenvalue weighted by molar-refractivity contribution is 0.674. The van der Waals surface area contributed by atoms with Crippen LogP contribution >= 0.6 is 11.8 Å². The SMILES string of the molecule is CC[C@H](N)c1ccc(Sc2nc3ccc(C)cc3[nH]2)cn1. The minimum atomic E-state index is 0.0122. The molecule has 3 aromatic rings. The number of aryl methyl sites for hydroxylation is 1. The predicted octanol–water partition coefficient (Wildman–Crippen LogP) is 3.83. The van der Waals surface area contributed by atoms with Gasteiger partial charge in [-0.05, 0) is 43.2 Å². The third-order valence-electron chi connectivity index (χ3n) is 3.41. The van der Waals surface area contributed by atoms with Crippen molar-refractivity contribution in [3.63, 3.8) is 0 Å². The number of rotatable bonds is 4. The van der Waals surface area contributed by atoms with Gasteiger partial charge < -0.3 is 10.7 Å². The molecule has 3 rings (SSSR count). The van der Waals surface area contributed by atoms with Gasteiger partial charge in [-0.1, -0.05) is 24.8 Å². The summed E-state index contributed by atoms with van der Waals surface area (Å²) in [4.78, 5) is 13.4. The molecule has 0 saturated heterocycles. The zero-order valence-corrected chi connectivity index (χ0v) is 12.9. The maximum atomic E-state index is 5.97. The number of imidazole rings is 1. The van der Waals surface area contributed by atoms with Gasteiger partial charge in [-0.2, -0.15) is 0 Å². The molecule has 0 bridgehead atoms. The van der Waals surface area contributed by atoms with E-state index in [0.29, 0.717) is 0 Å². The van der Waals surface area contributed by atoms with Crippen LogP contribution in [0.15, 0.2) is 46.6 Å². The van der Waals surface area contributed by atoms with E-state index in [1.54, 1.807) is 11.8 Å². The van der Waals surface area contributed by atoms with Crippen molar-refractivity contribution in [1.82, 2.24) is 15.0 Å². The minimum absolute atomic E-state index is 0.0122. The molecule has 0 aliphatic rings. The molecule has 2 heterocycles. The van der Waals surface area contributed by atoms with Crippen LogP contribution in [0.5, 0.6) is 0 Å². The first kappa shape index (κ1) is 14.1. The fourth-order valence-electron chi connectivity index (χ4n) is 2.14. The number of H-pyrrole nitrogens is 1. The molecule has 0 unspecified atom stereocenters. The molecule has 1 atom stereocenters. The number of nitrogens with zero attached hydrogens (tertiary/aromatic N) is 2. The Balaban J connectivity index is 1.81. The second kappa shape index (κ2) is 5.87. The van der Waals surface area contributed by atoms with Crippen molar-refractivity contribution in [1.29, 1.82) is 0 Å². The van der Waals surface area contributed by atoms with Gasteiger partial charge in [-0.25, -0.2) is 4.98 Å². The molecule has 2 aromatic heterocycles. The van der Waals surface area contributed by atoms with E-state index < -0.39 is 0 Å². The van der Waals surface area contributed by atoms with E-state index in [0.717, 1.165) is 33.2 Å². The number of pyridine rings is 1. The summed E-state index contributed by atoms with van der Waals surface area (Å²) in [5.74, 6) is 0. The van der Waals surface area contributed by atoms with Gasteiger partial charge in [0.2, 0.25) is 0 Å². The number of fused-ring (bicyclic) bond motifs is 1. The monoisotopic (exact) mass is 298 g/mol. The van der Waals surface area contributed by atoms with Gasteiger partial charge >= 0.3 is 0 Å². The van der Waals surface area contributed by atoms with Gasteiger partial charge in [0, 0.05) is 17.1 Å². The second-order valence-corrected chi connectivity index (χ2v) is 6.16. The Bertz CT molecular complexity index is 749. The summed E-state index contributed by atoms with van der Waals surface area (Å²) in [6.07, 6.45) is 2.75. The number of nitrogens with two attached hydrogens (primary N) is 1. The second-order valence-electron chi connectivity index (χ2n) is 5.10. The summed E-state index contributed by atoms with van der Waals surface area (Å²) in [7, 11) is 0. The van der Waals surface area contributed by atoms with Gasteiger partial charge in [-0.3, -0.25) is 4.98 Å². The lowest BCUT2D eigenvalue weighted by Crippen LogP contribution is -2.10. The zero-order valence-electron chi connectivity index (χ0n) is 12.1. The smallest absolute Gasteiger partial charge is 0.171 e. The molecular formula is C16H18N4S. The molecule has 3 N–H and O–H groups in total. The van der Waals surface area contributed by atoms with Gasteiger partial charge in [0.05, 0.1) is 16.7 Å². The normalized spacial score (nSPS) is 12.7. The predicted molar refractivity (Wildman–Crippen MR) is 86.4 cm³/mol. The first-order chi connectivity index (χ1) is 10.2. The third-order valence-corrected chi connectivity index (χ3v) is 4.27. The van der Waals surface area contributed by atoms with Crippen LogP contribution in [0.1, 0.15) is 30.6 Å². The lowest BCUT2D eigenvalue weighted by atomic mass is 10.1. The van der Waals surface area contributed by atoms with Crippen LogP contribution < -0.4 is 5.73 Å². The van der Waals surface area contributed by atoms with Crippen molar-refractivity contribution >= 4 is 22.8 Å². The Morgan fingerprint density at radius 2 is 2.14 bits per heavy atom. The summed E-state index contributed by atoms with van der Waals surface area (Å²) >= 11 is 1.58. The fraction of sp³-hybridized carbons (Fsp3) is 0.250. The number of hydrogen-bond acceptors (Lipinski definition) is 4. The van der Waals surface area contributed by atoms with Crippen LogP contribution in [0.2, 0.25) is 0 Å². The summed E-state index contributed by atoms with van der Waals surface area (Å²) in [5.41, 5.74) is 10.2. The number of nitrogens with one attached hydrogen (secondary N) is 1. The summed E-state index contributed by atoms with van der Waals surface area (Å²) < 4.78 is 0. The van der Waals surface area contributed by atoms with E-state index in [9.17, 15) is 0 Å². The van der Waals surface area contributed by atoms with Crippen molar-refractivity contribution in [2.75, 3.05) is 0 Å².